The van der Waals surface area contributed by atoms with Crippen LogP contribution in [-0.4, -0.2) is 25.1 Å². The van der Waals surface area contributed by atoms with Gasteiger partial charge in [0.2, 0.25) is 0 Å². The lowest BCUT2D eigenvalue weighted by Gasteiger charge is -2.13. The zero-order valence-corrected chi connectivity index (χ0v) is 21.7. The second kappa shape index (κ2) is 13.0. The molecule has 0 aliphatic rings. The number of carbonyl (C=O) groups is 2. The molecule has 3 rings (SSSR count). The Labute approximate surface area is 220 Å². The number of methoxy groups -OCH3 is 1. The number of ether oxygens (including phenoxy) is 2. The van der Waals surface area contributed by atoms with Crippen molar-refractivity contribution in [2.24, 2.45) is 5.10 Å². The monoisotopic (exact) mass is 527 g/mol. The number of aryl methyl sites for hydroxylation is 2. The van der Waals surface area contributed by atoms with Gasteiger partial charge in [0.25, 0.3) is 0 Å². The molecule has 36 heavy (non-hydrogen) atoms. The van der Waals surface area contributed by atoms with Crippen molar-refractivity contribution in [1.29, 1.82) is 0 Å². The molecule has 0 heterocycles. The van der Waals surface area contributed by atoms with Crippen LogP contribution in [0.25, 0.3) is 0 Å². The van der Waals surface area contributed by atoms with E-state index in [-0.39, 0.29) is 6.61 Å². The first kappa shape index (κ1) is 27.0. The molecule has 3 aromatic rings. The van der Waals surface area contributed by atoms with Gasteiger partial charge in [-0.1, -0.05) is 61.3 Å². The molecule has 0 saturated carbocycles. The van der Waals surface area contributed by atoms with E-state index in [4.69, 9.17) is 32.7 Å². The summed E-state index contributed by atoms with van der Waals surface area (Å²) in [5.74, 6) is -0.683. The van der Waals surface area contributed by atoms with E-state index in [0.29, 0.717) is 32.8 Å². The average molecular weight is 528 g/mol. The SMILES string of the molecule is CCc1cccc(CC)c1NC(=O)C(=O)N/N=C\c1ccc(OCc2ccc(Cl)cc2Cl)c(OC)c1. The number of hydrogen-bond donors (Lipinski definition) is 2. The molecule has 0 unspecified atom stereocenters. The molecule has 0 aromatic heterocycles. The molecular formula is C27H27Cl2N3O4. The fourth-order valence-corrected chi connectivity index (χ4v) is 3.93. The molecule has 0 saturated heterocycles. The van der Waals surface area contributed by atoms with Crippen molar-refractivity contribution in [3.05, 3.63) is 86.9 Å². The van der Waals surface area contributed by atoms with E-state index in [0.717, 1.165) is 29.5 Å². The number of nitrogens with one attached hydrogen (secondary N) is 2. The lowest BCUT2D eigenvalue weighted by Crippen LogP contribution is -2.33. The first-order valence-electron chi connectivity index (χ1n) is 11.4. The Morgan fingerprint density at radius 2 is 1.64 bits per heavy atom. The number of para-hydroxylation sites is 1. The molecule has 0 atom stereocenters. The fraction of sp³-hybridized carbons (Fsp3) is 0.222. The lowest BCUT2D eigenvalue weighted by atomic mass is 10.0. The number of amides is 2. The summed E-state index contributed by atoms with van der Waals surface area (Å²) in [7, 11) is 1.52. The highest BCUT2D eigenvalue weighted by Gasteiger charge is 2.16. The summed E-state index contributed by atoms with van der Waals surface area (Å²) in [6.45, 7) is 4.21. The van der Waals surface area contributed by atoms with Gasteiger partial charge in [-0.2, -0.15) is 5.10 Å². The molecule has 3 aromatic carbocycles. The lowest BCUT2D eigenvalue weighted by molar-refractivity contribution is -0.136. The van der Waals surface area contributed by atoms with E-state index in [9.17, 15) is 9.59 Å². The summed E-state index contributed by atoms with van der Waals surface area (Å²) in [6, 6.07) is 16.1. The predicted octanol–water partition coefficient (Wildman–Crippen LogP) is 5.79. The normalized spacial score (nSPS) is 10.8. The number of rotatable bonds is 9. The number of carbonyl (C=O) groups excluding carboxylic acids is 2. The molecule has 2 N–H and O–H groups in total. The van der Waals surface area contributed by atoms with E-state index < -0.39 is 11.8 Å². The maximum atomic E-state index is 12.4. The van der Waals surface area contributed by atoms with E-state index in [2.05, 4.69) is 15.8 Å². The average Bonchev–Trinajstić information content (AvgIpc) is 2.88. The first-order valence-corrected chi connectivity index (χ1v) is 12.1. The van der Waals surface area contributed by atoms with E-state index in [1.807, 2.05) is 32.0 Å². The summed E-state index contributed by atoms with van der Waals surface area (Å²) in [5, 5.41) is 7.66. The minimum atomic E-state index is -0.869. The topological polar surface area (TPSA) is 89.0 Å². The fourth-order valence-electron chi connectivity index (χ4n) is 3.47. The van der Waals surface area contributed by atoms with Crippen LogP contribution in [-0.2, 0) is 29.0 Å². The number of anilines is 1. The third-order valence-electron chi connectivity index (χ3n) is 5.41. The zero-order valence-electron chi connectivity index (χ0n) is 20.2. The molecule has 0 bridgehead atoms. The van der Waals surface area contributed by atoms with Crippen molar-refractivity contribution in [3.63, 3.8) is 0 Å². The van der Waals surface area contributed by atoms with Crippen molar-refractivity contribution in [1.82, 2.24) is 5.43 Å². The molecule has 188 valence electrons. The maximum absolute atomic E-state index is 12.4. The van der Waals surface area contributed by atoms with Crippen LogP contribution in [0.3, 0.4) is 0 Å². The second-order valence-corrected chi connectivity index (χ2v) is 8.59. The number of nitrogens with zero attached hydrogens (tertiary/aromatic N) is 1. The number of hydrazone groups is 1. The van der Waals surface area contributed by atoms with Gasteiger partial charge in [0.05, 0.1) is 13.3 Å². The summed E-state index contributed by atoms with van der Waals surface area (Å²) in [5.41, 5.74) is 6.27. The molecule has 0 aliphatic carbocycles. The van der Waals surface area contributed by atoms with Crippen LogP contribution >= 0.6 is 23.2 Å². The Morgan fingerprint density at radius 1 is 0.917 bits per heavy atom. The smallest absolute Gasteiger partial charge is 0.329 e. The van der Waals surface area contributed by atoms with Gasteiger partial charge in [-0.25, -0.2) is 5.43 Å². The molecule has 2 amide bonds. The Bertz CT molecular complexity index is 1260. The Kier molecular flexibility index (Phi) is 9.73. The minimum absolute atomic E-state index is 0.228. The standard InChI is InChI=1S/C27H27Cl2N3O4/c1-4-18-7-6-8-19(5-2)25(18)31-26(33)27(34)32-30-15-17-9-12-23(24(13-17)35-3)36-16-20-10-11-21(28)14-22(20)29/h6-15H,4-5,16H2,1-3H3,(H,31,33)(H,32,34)/b30-15-. The van der Waals surface area contributed by atoms with Gasteiger partial charge in [-0.05, 0) is 59.9 Å². The number of halogens is 2. The molecule has 0 fully saturated rings. The quantitative estimate of drug-likeness (QED) is 0.209. The summed E-state index contributed by atoms with van der Waals surface area (Å²) in [4.78, 5) is 24.7. The van der Waals surface area contributed by atoms with Crippen LogP contribution in [0.1, 0.15) is 36.1 Å². The first-order chi connectivity index (χ1) is 17.4. The van der Waals surface area contributed by atoms with Gasteiger partial charge >= 0.3 is 11.8 Å². The largest absolute Gasteiger partial charge is 0.493 e. The van der Waals surface area contributed by atoms with E-state index in [1.54, 1.807) is 36.4 Å². The van der Waals surface area contributed by atoms with Crippen LogP contribution in [0.4, 0.5) is 5.69 Å². The van der Waals surface area contributed by atoms with E-state index >= 15 is 0 Å². The summed E-state index contributed by atoms with van der Waals surface area (Å²) < 4.78 is 11.2. The third kappa shape index (κ3) is 6.99. The van der Waals surface area contributed by atoms with Crippen molar-refractivity contribution in [2.75, 3.05) is 12.4 Å². The van der Waals surface area contributed by atoms with E-state index in [1.165, 1.54) is 13.3 Å². The minimum Gasteiger partial charge on any atom is -0.493 e. The highest BCUT2D eigenvalue weighted by molar-refractivity contribution is 6.39. The van der Waals surface area contributed by atoms with Crippen molar-refractivity contribution >= 4 is 46.9 Å². The molecule has 0 radical (unpaired) electrons. The van der Waals surface area contributed by atoms with Gasteiger partial charge in [0.1, 0.15) is 6.61 Å². The van der Waals surface area contributed by atoms with Gasteiger partial charge in [-0.15, -0.1) is 0 Å². The molecule has 0 spiro atoms. The van der Waals surface area contributed by atoms with Crippen molar-refractivity contribution in [2.45, 2.75) is 33.3 Å². The van der Waals surface area contributed by atoms with Crippen LogP contribution in [0.2, 0.25) is 10.0 Å². The van der Waals surface area contributed by atoms with Gasteiger partial charge in [0.15, 0.2) is 11.5 Å². The van der Waals surface area contributed by atoms with Gasteiger partial charge in [0, 0.05) is 21.3 Å². The Hall–Kier alpha value is -3.55. The predicted molar refractivity (Wildman–Crippen MR) is 143 cm³/mol. The molecule has 7 nitrogen and oxygen atoms in total. The van der Waals surface area contributed by atoms with Crippen LogP contribution < -0.4 is 20.2 Å². The summed E-state index contributed by atoms with van der Waals surface area (Å²) in [6.07, 6.45) is 2.88. The molecular weight excluding hydrogens is 501 g/mol. The van der Waals surface area contributed by atoms with Crippen LogP contribution in [0.15, 0.2) is 59.7 Å². The van der Waals surface area contributed by atoms with Crippen LogP contribution in [0.5, 0.6) is 11.5 Å². The van der Waals surface area contributed by atoms with Gasteiger partial charge < -0.3 is 14.8 Å². The Balaban J connectivity index is 1.61. The third-order valence-corrected chi connectivity index (χ3v) is 6.00. The molecule has 9 heteroatoms. The highest BCUT2D eigenvalue weighted by Crippen LogP contribution is 2.30. The molecule has 0 aliphatic heterocycles. The van der Waals surface area contributed by atoms with Crippen molar-refractivity contribution < 1.29 is 19.1 Å². The highest BCUT2D eigenvalue weighted by atomic mass is 35.5. The number of hydrogen-bond acceptors (Lipinski definition) is 5. The summed E-state index contributed by atoms with van der Waals surface area (Å²) >= 11 is 12.1. The number of benzene rings is 3. The zero-order chi connectivity index (χ0) is 26.1. The van der Waals surface area contributed by atoms with Gasteiger partial charge in [-0.3, -0.25) is 9.59 Å². The Morgan fingerprint density at radius 3 is 2.28 bits per heavy atom. The van der Waals surface area contributed by atoms with Crippen LogP contribution in [0, 0.1) is 0 Å². The maximum Gasteiger partial charge on any atom is 0.329 e. The van der Waals surface area contributed by atoms with Crippen molar-refractivity contribution in [3.8, 4) is 11.5 Å². The second-order valence-electron chi connectivity index (χ2n) is 7.75.